The summed E-state index contributed by atoms with van der Waals surface area (Å²) in [6.07, 6.45) is 7.25. The van der Waals surface area contributed by atoms with E-state index in [0.29, 0.717) is 23.7 Å². The number of aromatic nitrogens is 3. The first-order valence-corrected chi connectivity index (χ1v) is 13.3. The Bertz CT molecular complexity index is 1340. The highest BCUT2D eigenvalue weighted by Crippen LogP contribution is 2.44. The summed E-state index contributed by atoms with van der Waals surface area (Å²) in [4.78, 5) is 18.6. The number of nitrogens with two attached hydrogens (primary N) is 1. The number of carbonyl (C=O) groups is 1. The maximum Gasteiger partial charge on any atom is 0.414 e. The lowest BCUT2D eigenvalue weighted by Gasteiger charge is -2.35. The second-order valence-electron chi connectivity index (χ2n) is 8.56. The van der Waals surface area contributed by atoms with E-state index in [2.05, 4.69) is 10.1 Å². The first-order valence-electron chi connectivity index (χ1n) is 11.3. The molecular formula is C24H29N5O5S. The minimum Gasteiger partial charge on any atom is -0.452 e. The fourth-order valence-corrected chi connectivity index (χ4v) is 4.70. The molecule has 35 heavy (non-hydrogen) atoms. The van der Waals surface area contributed by atoms with Crippen LogP contribution in [0.3, 0.4) is 0 Å². The van der Waals surface area contributed by atoms with E-state index in [-0.39, 0.29) is 24.9 Å². The van der Waals surface area contributed by atoms with E-state index < -0.39 is 15.9 Å². The lowest BCUT2D eigenvalue weighted by Crippen LogP contribution is -2.42. The van der Waals surface area contributed by atoms with Crippen molar-refractivity contribution in [3.8, 4) is 22.8 Å². The average molecular weight is 500 g/mol. The number of sulfone groups is 1. The molecule has 3 aromatic rings. The van der Waals surface area contributed by atoms with Crippen LogP contribution >= 0.6 is 0 Å². The predicted octanol–water partition coefficient (Wildman–Crippen LogP) is 3.15. The monoisotopic (exact) mass is 499 g/mol. The van der Waals surface area contributed by atoms with Gasteiger partial charge in [-0.25, -0.2) is 18.2 Å². The lowest BCUT2D eigenvalue weighted by molar-refractivity contribution is 0.175. The van der Waals surface area contributed by atoms with Crippen LogP contribution in [-0.2, 0) is 34.1 Å². The number of benzene rings is 1. The highest BCUT2D eigenvalue weighted by Gasteiger charge is 2.32. The van der Waals surface area contributed by atoms with Crippen molar-refractivity contribution in [2.45, 2.75) is 38.9 Å². The molecule has 2 aromatic heterocycles. The van der Waals surface area contributed by atoms with Crippen LogP contribution in [0, 0.1) is 0 Å². The van der Waals surface area contributed by atoms with Crippen LogP contribution in [0.25, 0.3) is 11.1 Å². The maximum atomic E-state index is 12.6. The zero-order valence-electron chi connectivity index (χ0n) is 20.0. The molecule has 3 heterocycles. The van der Waals surface area contributed by atoms with Crippen molar-refractivity contribution < 1.29 is 22.7 Å². The number of methoxy groups -OCH3 is 1. The number of fused-ring (bicyclic) bond motifs is 1. The Kier molecular flexibility index (Phi) is 7.08. The molecule has 1 atom stereocenters. The van der Waals surface area contributed by atoms with Crippen molar-refractivity contribution in [1.82, 2.24) is 14.8 Å². The second-order valence-corrected chi connectivity index (χ2v) is 10.8. The number of amides is 1. The predicted molar refractivity (Wildman–Crippen MR) is 132 cm³/mol. The topological polar surface area (TPSA) is 130 Å². The van der Waals surface area contributed by atoms with E-state index in [1.807, 2.05) is 25.1 Å². The fourth-order valence-electron chi connectivity index (χ4n) is 4.18. The van der Waals surface area contributed by atoms with Gasteiger partial charge in [0.15, 0.2) is 0 Å². The Morgan fingerprint density at radius 3 is 2.80 bits per heavy atom. The Balaban J connectivity index is 1.83. The molecule has 11 heteroatoms. The third-order valence-electron chi connectivity index (χ3n) is 6.02. The molecule has 0 radical (unpaired) electrons. The number of aryl methyl sites for hydroxylation is 1. The zero-order valence-corrected chi connectivity index (χ0v) is 20.8. The third-order valence-corrected chi connectivity index (χ3v) is 6.95. The average Bonchev–Trinajstić information content (AvgIpc) is 3.31. The molecule has 0 saturated heterocycles. The number of rotatable bonds is 7. The molecule has 0 spiro atoms. The van der Waals surface area contributed by atoms with E-state index in [9.17, 15) is 13.2 Å². The molecular weight excluding hydrogens is 470 g/mol. The van der Waals surface area contributed by atoms with Crippen molar-refractivity contribution in [1.29, 1.82) is 0 Å². The number of pyridine rings is 1. The number of hydrogen-bond donors (Lipinski definition) is 1. The van der Waals surface area contributed by atoms with Crippen LogP contribution in [0.1, 0.15) is 24.5 Å². The quantitative estimate of drug-likeness (QED) is 0.525. The molecule has 0 bridgehead atoms. The SMILES string of the molecule is COC(=O)N1c2ccc(-c3cnn(CCS(C)(=O)=O)c3)c(Oc3ncccc3CN)c2CC[C@@H]1C. The van der Waals surface area contributed by atoms with Crippen molar-refractivity contribution in [3.63, 3.8) is 0 Å². The van der Waals surface area contributed by atoms with Gasteiger partial charge in [-0.3, -0.25) is 9.58 Å². The van der Waals surface area contributed by atoms with Gasteiger partial charge in [0, 0.05) is 53.5 Å². The van der Waals surface area contributed by atoms with Crippen LogP contribution in [-0.4, -0.2) is 54.4 Å². The van der Waals surface area contributed by atoms with Crippen LogP contribution in [0.5, 0.6) is 11.6 Å². The maximum absolute atomic E-state index is 12.6. The Morgan fingerprint density at radius 1 is 1.29 bits per heavy atom. The van der Waals surface area contributed by atoms with E-state index >= 15 is 0 Å². The summed E-state index contributed by atoms with van der Waals surface area (Å²) in [6.45, 7) is 2.47. The third kappa shape index (κ3) is 5.30. The Hall–Kier alpha value is -3.44. The molecule has 0 aliphatic carbocycles. The highest BCUT2D eigenvalue weighted by atomic mass is 32.2. The summed E-state index contributed by atoms with van der Waals surface area (Å²) < 4.78 is 36.2. The van der Waals surface area contributed by atoms with Crippen LogP contribution in [0.2, 0.25) is 0 Å². The van der Waals surface area contributed by atoms with Gasteiger partial charge in [0.05, 0.1) is 31.3 Å². The van der Waals surface area contributed by atoms with Gasteiger partial charge in [0.2, 0.25) is 5.88 Å². The minimum atomic E-state index is -3.12. The summed E-state index contributed by atoms with van der Waals surface area (Å²) in [5.41, 5.74) is 9.72. The fraction of sp³-hybridized carbons (Fsp3) is 0.375. The van der Waals surface area contributed by atoms with Gasteiger partial charge in [-0.15, -0.1) is 0 Å². The van der Waals surface area contributed by atoms with Crippen molar-refractivity contribution in [2.75, 3.05) is 24.0 Å². The molecule has 1 amide bonds. The van der Waals surface area contributed by atoms with Gasteiger partial charge in [-0.1, -0.05) is 6.07 Å². The second kappa shape index (κ2) is 10.0. The summed E-state index contributed by atoms with van der Waals surface area (Å²) in [5, 5.41) is 4.33. The number of ether oxygens (including phenoxy) is 2. The van der Waals surface area contributed by atoms with Gasteiger partial charge in [-0.05, 0) is 38.0 Å². The number of carbonyl (C=O) groups excluding carboxylic acids is 1. The van der Waals surface area contributed by atoms with Crippen LogP contribution in [0.15, 0.2) is 42.9 Å². The molecule has 2 N–H and O–H groups in total. The van der Waals surface area contributed by atoms with Gasteiger partial charge in [0.25, 0.3) is 0 Å². The van der Waals surface area contributed by atoms with Gasteiger partial charge in [0.1, 0.15) is 15.6 Å². The van der Waals surface area contributed by atoms with Crippen molar-refractivity contribution in [3.05, 3.63) is 54.0 Å². The molecule has 0 unspecified atom stereocenters. The summed E-state index contributed by atoms with van der Waals surface area (Å²) in [5.74, 6) is 0.929. The molecule has 1 aliphatic heterocycles. The molecule has 10 nitrogen and oxygen atoms in total. The molecule has 4 rings (SSSR count). The highest BCUT2D eigenvalue weighted by molar-refractivity contribution is 7.90. The van der Waals surface area contributed by atoms with Crippen molar-refractivity contribution >= 4 is 21.6 Å². The van der Waals surface area contributed by atoms with E-state index in [0.717, 1.165) is 28.7 Å². The van der Waals surface area contributed by atoms with Crippen LogP contribution < -0.4 is 15.4 Å². The van der Waals surface area contributed by atoms with Gasteiger partial charge >= 0.3 is 6.09 Å². The molecule has 1 aromatic carbocycles. The largest absolute Gasteiger partial charge is 0.452 e. The molecule has 186 valence electrons. The smallest absolute Gasteiger partial charge is 0.414 e. The van der Waals surface area contributed by atoms with E-state index in [1.165, 1.54) is 13.4 Å². The Labute approximate surface area is 204 Å². The van der Waals surface area contributed by atoms with Gasteiger partial charge < -0.3 is 15.2 Å². The number of hydrogen-bond acceptors (Lipinski definition) is 8. The minimum absolute atomic E-state index is 0.0125. The van der Waals surface area contributed by atoms with E-state index in [1.54, 1.807) is 34.2 Å². The first-order chi connectivity index (χ1) is 16.7. The summed E-state index contributed by atoms with van der Waals surface area (Å²) in [6, 6.07) is 7.35. The first kappa shape index (κ1) is 24.7. The van der Waals surface area contributed by atoms with Crippen molar-refractivity contribution in [2.24, 2.45) is 5.73 Å². The molecule has 0 fully saturated rings. The zero-order chi connectivity index (χ0) is 25.2. The van der Waals surface area contributed by atoms with E-state index in [4.69, 9.17) is 15.2 Å². The molecule has 0 saturated carbocycles. The van der Waals surface area contributed by atoms with Gasteiger partial charge in [-0.2, -0.15) is 5.10 Å². The number of anilines is 1. The van der Waals surface area contributed by atoms with Crippen LogP contribution in [0.4, 0.5) is 10.5 Å². The summed E-state index contributed by atoms with van der Waals surface area (Å²) in [7, 11) is -1.76. The lowest BCUT2D eigenvalue weighted by atomic mass is 9.92. The standard InChI is InChI=1S/C24H29N5O5S/c1-16-6-7-20-21(29(16)24(30)33-2)9-8-19(18-14-27-28(15-18)11-12-35(3,31)32)22(20)34-23-17(13-25)5-4-10-26-23/h4-5,8-10,14-16H,6-7,11-13,25H2,1-3H3/t16-/m0/s1. The normalized spacial score (nSPS) is 15.5. The Morgan fingerprint density at radius 2 is 2.09 bits per heavy atom. The molecule has 1 aliphatic rings. The number of nitrogens with zero attached hydrogens (tertiary/aromatic N) is 4. The summed E-state index contributed by atoms with van der Waals surface area (Å²) >= 11 is 0.